The molecule has 3 aliphatic rings. The van der Waals surface area contributed by atoms with Gasteiger partial charge in [-0.1, -0.05) is 54.6 Å². The summed E-state index contributed by atoms with van der Waals surface area (Å²) < 4.78 is 0. The smallest absolute Gasteiger partial charge is 0.238 e. The number of Topliss-reactive ketones (excluding diaryl/α,β-unsaturated/α-hetero) is 1. The van der Waals surface area contributed by atoms with E-state index in [1.54, 1.807) is 6.92 Å². The van der Waals surface area contributed by atoms with E-state index in [2.05, 4.69) is 29.2 Å². The molecule has 0 bridgehead atoms. The molecule has 1 N–H and O–H groups in total. The average Bonchev–Trinajstić information content (AvgIpc) is 3.24. The van der Waals surface area contributed by atoms with Gasteiger partial charge in [-0.3, -0.25) is 14.5 Å². The van der Waals surface area contributed by atoms with E-state index in [1.165, 1.54) is 16.3 Å². The number of hydrogen-bond acceptors (Lipinski definition) is 4. The second-order valence-corrected chi connectivity index (χ2v) is 10.4. The van der Waals surface area contributed by atoms with Gasteiger partial charge in [-0.15, -0.1) is 0 Å². The third-order valence-corrected chi connectivity index (χ3v) is 8.21. The number of para-hydroxylation sites is 1. The number of fused-ring (bicyclic) bond motifs is 1. The normalized spacial score (nSPS) is 26.9. The molecule has 1 unspecified atom stereocenters. The first-order chi connectivity index (χ1) is 16.4. The first-order valence-corrected chi connectivity index (χ1v) is 12.3. The van der Waals surface area contributed by atoms with Crippen LogP contribution >= 0.6 is 0 Å². The van der Waals surface area contributed by atoms with Crippen LogP contribution in [0.1, 0.15) is 61.9 Å². The quantitative estimate of drug-likeness (QED) is 0.622. The summed E-state index contributed by atoms with van der Waals surface area (Å²) in [7, 11) is 0. The van der Waals surface area contributed by atoms with Crippen LogP contribution in [0.4, 0.5) is 5.69 Å². The van der Waals surface area contributed by atoms with E-state index < -0.39 is 11.5 Å². The Morgan fingerprint density at radius 2 is 1.68 bits per heavy atom. The van der Waals surface area contributed by atoms with Gasteiger partial charge in [0.25, 0.3) is 0 Å². The summed E-state index contributed by atoms with van der Waals surface area (Å²) in [5.74, 6) is 0.0757. The van der Waals surface area contributed by atoms with Crippen LogP contribution in [0.15, 0.2) is 60.7 Å². The summed E-state index contributed by atoms with van der Waals surface area (Å²) in [6.07, 6.45) is 1.37. The molecule has 3 aromatic carbocycles. The lowest BCUT2D eigenvalue weighted by molar-refractivity contribution is -0.127. The van der Waals surface area contributed by atoms with E-state index >= 15 is 0 Å². The van der Waals surface area contributed by atoms with Crippen molar-refractivity contribution >= 4 is 28.2 Å². The highest BCUT2D eigenvalue weighted by molar-refractivity contribution is 6.10. The standard InChI is InChI=1S/C29H30N2O3/c1-18(32)17-29(2)23-11-3-4-12-24(23)31(28(29)34)20-13-15-30(16-14-20)26-21-9-5-7-19-8-6-10-22(25(19)21)27(26)33/h3-12,20,26-27,33H,13-17H2,1-2H3/t26-,27-,29?/m0/s1. The highest BCUT2D eigenvalue weighted by Gasteiger charge is 2.50. The fourth-order valence-corrected chi connectivity index (χ4v) is 6.72. The number of aliphatic hydroxyl groups is 1. The van der Waals surface area contributed by atoms with E-state index in [9.17, 15) is 14.7 Å². The van der Waals surface area contributed by atoms with Crippen molar-refractivity contribution in [2.24, 2.45) is 0 Å². The monoisotopic (exact) mass is 454 g/mol. The fourth-order valence-electron chi connectivity index (χ4n) is 6.72. The summed E-state index contributed by atoms with van der Waals surface area (Å²) in [4.78, 5) is 30.1. The SMILES string of the molecule is CC(=O)CC1(C)C(=O)N(C2CCN([C@H]3c4cccc5cccc(c45)[C@@H]3O)CC2)c2ccccc21. The lowest BCUT2D eigenvalue weighted by Crippen LogP contribution is -2.50. The Labute approximate surface area is 200 Å². The topological polar surface area (TPSA) is 60.9 Å². The maximum atomic E-state index is 13.7. The number of nitrogens with zero attached hydrogens (tertiary/aromatic N) is 2. The van der Waals surface area contributed by atoms with Crippen LogP contribution in [0, 0.1) is 0 Å². The van der Waals surface area contributed by atoms with Crippen LogP contribution in [-0.2, 0) is 15.0 Å². The van der Waals surface area contributed by atoms with Crippen molar-refractivity contribution in [2.75, 3.05) is 18.0 Å². The Balaban J connectivity index is 1.26. The highest BCUT2D eigenvalue weighted by Crippen LogP contribution is 2.49. The predicted octanol–water partition coefficient (Wildman–Crippen LogP) is 4.68. The van der Waals surface area contributed by atoms with Crippen LogP contribution in [0.3, 0.4) is 0 Å². The molecule has 174 valence electrons. The highest BCUT2D eigenvalue weighted by atomic mass is 16.3. The lowest BCUT2D eigenvalue weighted by atomic mass is 9.79. The van der Waals surface area contributed by atoms with Crippen LogP contribution in [-0.4, -0.2) is 40.8 Å². The number of carbonyl (C=O) groups is 2. The van der Waals surface area contributed by atoms with Crippen molar-refractivity contribution < 1.29 is 14.7 Å². The number of likely N-dealkylation sites (tertiary alicyclic amines) is 1. The van der Waals surface area contributed by atoms with Crippen molar-refractivity contribution in [3.05, 3.63) is 77.4 Å². The van der Waals surface area contributed by atoms with Crippen LogP contribution in [0.25, 0.3) is 10.8 Å². The number of carbonyl (C=O) groups excluding carboxylic acids is 2. The summed E-state index contributed by atoms with van der Waals surface area (Å²) >= 11 is 0. The first-order valence-electron chi connectivity index (χ1n) is 12.3. The molecule has 1 aliphatic carbocycles. The van der Waals surface area contributed by atoms with E-state index in [0.29, 0.717) is 0 Å². The Morgan fingerprint density at radius 3 is 2.38 bits per heavy atom. The zero-order chi connectivity index (χ0) is 23.6. The molecule has 1 fully saturated rings. The summed E-state index contributed by atoms with van der Waals surface area (Å²) in [5, 5.41) is 13.6. The van der Waals surface area contributed by atoms with Gasteiger partial charge in [0, 0.05) is 31.2 Å². The number of rotatable bonds is 4. The minimum atomic E-state index is -0.793. The van der Waals surface area contributed by atoms with Gasteiger partial charge in [-0.25, -0.2) is 0 Å². The van der Waals surface area contributed by atoms with Crippen molar-refractivity contribution in [3.63, 3.8) is 0 Å². The zero-order valence-electron chi connectivity index (χ0n) is 19.7. The molecule has 6 rings (SSSR count). The molecule has 5 heteroatoms. The largest absolute Gasteiger partial charge is 0.386 e. The molecular formula is C29H30N2O3. The van der Waals surface area contributed by atoms with Gasteiger partial charge >= 0.3 is 0 Å². The predicted molar refractivity (Wildman–Crippen MR) is 133 cm³/mol. The second-order valence-electron chi connectivity index (χ2n) is 10.4. The second kappa shape index (κ2) is 7.76. The molecule has 0 saturated carbocycles. The average molecular weight is 455 g/mol. The van der Waals surface area contributed by atoms with Crippen molar-refractivity contribution in [2.45, 2.75) is 56.7 Å². The summed E-state index contributed by atoms with van der Waals surface area (Å²) in [6, 6.07) is 20.5. The number of benzene rings is 3. The van der Waals surface area contributed by atoms with Gasteiger partial charge in [-0.05, 0) is 60.2 Å². The van der Waals surface area contributed by atoms with Gasteiger partial charge in [0.1, 0.15) is 5.78 Å². The first kappa shape index (κ1) is 21.5. The number of ketones is 1. The molecule has 0 aromatic heterocycles. The maximum Gasteiger partial charge on any atom is 0.238 e. The minimum Gasteiger partial charge on any atom is -0.386 e. The number of hydrogen-bond donors (Lipinski definition) is 1. The molecule has 34 heavy (non-hydrogen) atoms. The van der Waals surface area contributed by atoms with Gasteiger partial charge in [0.2, 0.25) is 5.91 Å². The molecular weight excluding hydrogens is 424 g/mol. The fraction of sp³-hybridized carbons (Fsp3) is 0.379. The molecule has 3 atom stereocenters. The van der Waals surface area contributed by atoms with Gasteiger partial charge in [-0.2, -0.15) is 0 Å². The van der Waals surface area contributed by atoms with Crippen LogP contribution < -0.4 is 4.90 Å². The molecule has 2 heterocycles. The molecule has 0 spiro atoms. The number of amides is 1. The Hall–Kier alpha value is -3.02. The van der Waals surface area contributed by atoms with E-state index in [4.69, 9.17) is 0 Å². The molecule has 2 aliphatic heterocycles. The molecule has 5 nitrogen and oxygen atoms in total. The third-order valence-electron chi connectivity index (χ3n) is 8.21. The molecule has 3 aromatic rings. The van der Waals surface area contributed by atoms with E-state index in [0.717, 1.165) is 42.7 Å². The van der Waals surface area contributed by atoms with Crippen LogP contribution in [0.5, 0.6) is 0 Å². The van der Waals surface area contributed by atoms with Gasteiger partial charge in [0.15, 0.2) is 0 Å². The molecule has 0 radical (unpaired) electrons. The van der Waals surface area contributed by atoms with E-state index in [1.807, 2.05) is 48.2 Å². The molecule has 1 saturated heterocycles. The summed E-state index contributed by atoms with van der Waals surface area (Å²) in [5.41, 5.74) is 3.34. The minimum absolute atomic E-state index is 0.0336. The summed E-state index contributed by atoms with van der Waals surface area (Å²) in [6.45, 7) is 5.10. The maximum absolute atomic E-state index is 13.7. The third kappa shape index (κ3) is 3.00. The van der Waals surface area contributed by atoms with Gasteiger partial charge < -0.3 is 10.0 Å². The molecule has 1 amide bonds. The van der Waals surface area contributed by atoms with Crippen molar-refractivity contribution in [3.8, 4) is 0 Å². The Bertz CT molecular complexity index is 1300. The number of piperidine rings is 1. The number of aliphatic hydroxyl groups excluding tert-OH is 1. The zero-order valence-corrected chi connectivity index (χ0v) is 19.7. The number of anilines is 1. The van der Waals surface area contributed by atoms with E-state index in [-0.39, 0.29) is 30.2 Å². The lowest BCUT2D eigenvalue weighted by Gasteiger charge is -2.41. The van der Waals surface area contributed by atoms with Crippen LogP contribution in [0.2, 0.25) is 0 Å². The Morgan fingerprint density at radius 1 is 1.00 bits per heavy atom. The van der Waals surface area contributed by atoms with Crippen molar-refractivity contribution in [1.29, 1.82) is 0 Å². The Kier molecular flexibility index (Phi) is 4.91. The van der Waals surface area contributed by atoms with Crippen molar-refractivity contribution in [1.82, 2.24) is 4.90 Å². The van der Waals surface area contributed by atoms with Gasteiger partial charge in [0.05, 0.1) is 17.6 Å².